The molecule has 1 aliphatic heterocycles. The first-order chi connectivity index (χ1) is 35.0. The zero-order valence-electron chi connectivity index (χ0n) is 46.3. The molecule has 1 aliphatic rings. The van der Waals surface area contributed by atoms with Crippen LogP contribution in [0.4, 0.5) is 0 Å². The van der Waals surface area contributed by atoms with Gasteiger partial charge in [0.05, 0.1) is 6.61 Å². The molecular weight excluding hydrogens is 933 g/mol. The van der Waals surface area contributed by atoms with Gasteiger partial charge in [-0.15, -0.1) is 0 Å². The van der Waals surface area contributed by atoms with Gasteiger partial charge in [-0.25, -0.2) is 0 Å². The molecule has 2 unspecified atom stereocenters. The van der Waals surface area contributed by atoms with E-state index >= 15 is 0 Å². The van der Waals surface area contributed by atoms with Crippen LogP contribution in [0.1, 0.15) is 296 Å². The van der Waals surface area contributed by atoms with Crippen molar-refractivity contribution in [1.29, 1.82) is 0 Å². The fourth-order valence-electron chi connectivity index (χ4n) is 9.69. The summed E-state index contributed by atoms with van der Waals surface area (Å²) >= 11 is 0. The van der Waals surface area contributed by atoms with Crippen molar-refractivity contribution in [3.05, 3.63) is 12.2 Å². The van der Waals surface area contributed by atoms with Crippen LogP contribution in [0.15, 0.2) is 12.2 Å². The predicted octanol–water partition coefficient (Wildman–Crippen LogP) is 14.9. The van der Waals surface area contributed by atoms with E-state index in [0.29, 0.717) is 12.8 Å². The van der Waals surface area contributed by atoms with E-state index in [1.807, 2.05) is 0 Å². The highest BCUT2D eigenvalue weighted by molar-refractivity contribution is 7.85. The van der Waals surface area contributed by atoms with Gasteiger partial charge in [-0.1, -0.05) is 264 Å². The molecule has 0 saturated carbocycles. The number of aliphatic hydroxyl groups is 3. The average Bonchev–Trinajstić information content (AvgIpc) is 3.35. The molecule has 0 aliphatic carbocycles. The molecule has 0 aromatic carbocycles. The molecule has 13 heteroatoms. The normalized spacial score (nSPS) is 18.8. The van der Waals surface area contributed by atoms with E-state index in [0.717, 1.165) is 32.1 Å². The van der Waals surface area contributed by atoms with Crippen LogP contribution in [0, 0.1) is 0 Å². The predicted molar refractivity (Wildman–Crippen MR) is 294 cm³/mol. The number of carbonyl (C=O) groups excluding carboxylic acids is 2. The lowest BCUT2D eigenvalue weighted by atomic mass is 10.00. The summed E-state index contributed by atoms with van der Waals surface area (Å²) in [7, 11) is -4.61. The summed E-state index contributed by atoms with van der Waals surface area (Å²) < 4.78 is 54.4. The number of allylic oxidation sites excluding steroid dienone is 2. The third kappa shape index (κ3) is 42.6. The van der Waals surface area contributed by atoms with Gasteiger partial charge >= 0.3 is 11.9 Å². The molecule has 0 spiro atoms. The lowest BCUT2D eigenvalue weighted by molar-refractivity contribution is -0.297. The van der Waals surface area contributed by atoms with Crippen molar-refractivity contribution in [2.24, 2.45) is 0 Å². The Kier molecular flexibility index (Phi) is 46.5. The number of hydrogen-bond acceptors (Lipinski definition) is 11. The molecule has 72 heavy (non-hydrogen) atoms. The van der Waals surface area contributed by atoms with Gasteiger partial charge in [-0.3, -0.25) is 14.1 Å². The van der Waals surface area contributed by atoms with Crippen molar-refractivity contribution >= 4 is 22.1 Å². The Balaban J connectivity index is 2.29. The van der Waals surface area contributed by atoms with Crippen LogP contribution in [0.3, 0.4) is 0 Å². The molecule has 0 aromatic heterocycles. The Bertz CT molecular complexity index is 1360. The number of esters is 2. The van der Waals surface area contributed by atoms with E-state index in [9.17, 15) is 37.9 Å². The second-order valence-corrected chi connectivity index (χ2v) is 22.9. The van der Waals surface area contributed by atoms with Crippen molar-refractivity contribution in [3.8, 4) is 0 Å². The number of hydrogen-bond donors (Lipinski definition) is 4. The van der Waals surface area contributed by atoms with E-state index in [1.54, 1.807) is 0 Å². The summed E-state index contributed by atoms with van der Waals surface area (Å²) in [4.78, 5) is 25.6. The summed E-state index contributed by atoms with van der Waals surface area (Å²) in [6.07, 6.45) is 48.4. The molecule has 1 rings (SSSR count). The summed E-state index contributed by atoms with van der Waals surface area (Å²) in [6, 6.07) is 0. The summed E-state index contributed by atoms with van der Waals surface area (Å²) in [5.74, 6) is -2.00. The van der Waals surface area contributed by atoms with E-state index < -0.39 is 71.2 Å². The highest BCUT2D eigenvalue weighted by atomic mass is 32.2. The van der Waals surface area contributed by atoms with Gasteiger partial charge in [0.2, 0.25) is 0 Å². The van der Waals surface area contributed by atoms with Gasteiger partial charge in [0.1, 0.15) is 36.8 Å². The molecular formula is C59H112O12S. The molecule has 1 fully saturated rings. The van der Waals surface area contributed by atoms with Crippen molar-refractivity contribution < 1.29 is 56.8 Å². The van der Waals surface area contributed by atoms with Crippen LogP contribution >= 0.6 is 0 Å². The zero-order valence-corrected chi connectivity index (χ0v) is 47.1. The Labute approximate surface area is 441 Å². The lowest BCUT2D eigenvalue weighted by Crippen LogP contribution is -2.60. The monoisotopic (exact) mass is 1040 g/mol. The minimum Gasteiger partial charge on any atom is -0.462 e. The molecule has 6 atom stereocenters. The van der Waals surface area contributed by atoms with Gasteiger partial charge < -0.3 is 34.3 Å². The van der Waals surface area contributed by atoms with Crippen molar-refractivity contribution in [2.75, 3.05) is 19.0 Å². The van der Waals surface area contributed by atoms with E-state index in [4.69, 9.17) is 18.9 Å². The molecule has 12 nitrogen and oxygen atoms in total. The highest BCUT2D eigenvalue weighted by Gasteiger charge is 2.46. The van der Waals surface area contributed by atoms with Gasteiger partial charge in [0.25, 0.3) is 10.1 Å². The topological polar surface area (TPSA) is 186 Å². The minimum atomic E-state index is -4.61. The van der Waals surface area contributed by atoms with Crippen LogP contribution in [0.5, 0.6) is 0 Å². The van der Waals surface area contributed by atoms with Crippen molar-refractivity contribution in [3.63, 3.8) is 0 Å². The largest absolute Gasteiger partial charge is 0.462 e. The Morgan fingerprint density at radius 1 is 0.458 bits per heavy atom. The number of ether oxygens (including phenoxy) is 4. The van der Waals surface area contributed by atoms with Gasteiger partial charge in [-0.2, -0.15) is 8.42 Å². The van der Waals surface area contributed by atoms with Gasteiger partial charge in [0, 0.05) is 12.8 Å². The van der Waals surface area contributed by atoms with E-state index in [-0.39, 0.29) is 19.4 Å². The molecule has 1 heterocycles. The van der Waals surface area contributed by atoms with Crippen molar-refractivity contribution in [1.82, 2.24) is 0 Å². The molecule has 0 radical (unpaired) electrons. The van der Waals surface area contributed by atoms with Crippen LogP contribution in [-0.4, -0.2) is 96.0 Å². The second-order valence-electron chi connectivity index (χ2n) is 21.4. The zero-order chi connectivity index (χ0) is 52.6. The standard InChI is InChI=1S/C59H112O12S/c1-3-5-7-9-11-13-15-17-19-21-23-25-26-28-29-31-33-35-37-39-41-43-45-47-54(60)68-49-52(50-69-59-58(64)57(63)56(62)53(71-59)51-72(65,66)67)70-55(61)48-46-44-42-40-38-36-34-32-30-27-24-22-20-18-16-14-12-10-8-6-4-2/h39,41,52-53,56-59,62-64H,3-38,40,42-51H2,1-2H3,(H,65,66,67)/b41-39+/t52-,53-,56-,57?,58?,59+/m1/s1. The first-order valence-corrected chi connectivity index (χ1v) is 31.9. The summed E-state index contributed by atoms with van der Waals surface area (Å²) in [5.41, 5.74) is 0. The van der Waals surface area contributed by atoms with E-state index in [2.05, 4.69) is 26.0 Å². The summed E-state index contributed by atoms with van der Waals surface area (Å²) in [6.45, 7) is 3.82. The summed E-state index contributed by atoms with van der Waals surface area (Å²) in [5, 5.41) is 31.1. The maximum absolute atomic E-state index is 12.9. The Hall–Kier alpha value is -1.61. The Morgan fingerprint density at radius 3 is 1.19 bits per heavy atom. The molecule has 0 aromatic rings. The smallest absolute Gasteiger partial charge is 0.306 e. The number of unbranched alkanes of at least 4 members (excludes halogenated alkanes) is 39. The fourth-order valence-corrected chi connectivity index (χ4v) is 10.4. The highest BCUT2D eigenvalue weighted by Crippen LogP contribution is 2.24. The molecule has 1 saturated heterocycles. The van der Waals surface area contributed by atoms with Crippen LogP contribution in [-0.2, 0) is 38.7 Å². The first-order valence-electron chi connectivity index (χ1n) is 30.2. The average molecular weight is 1050 g/mol. The van der Waals surface area contributed by atoms with Gasteiger partial charge in [-0.05, 0) is 32.1 Å². The van der Waals surface area contributed by atoms with Gasteiger partial charge in [0.15, 0.2) is 12.4 Å². The third-order valence-corrected chi connectivity index (χ3v) is 15.1. The first kappa shape index (κ1) is 68.4. The molecule has 0 amide bonds. The minimum absolute atomic E-state index is 0.166. The number of aliphatic hydroxyl groups excluding tert-OH is 3. The second kappa shape index (κ2) is 49.0. The molecule has 0 bridgehead atoms. The fraction of sp³-hybridized carbons (Fsp3) is 0.932. The lowest BCUT2D eigenvalue weighted by Gasteiger charge is -2.40. The van der Waals surface area contributed by atoms with Crippen LogP contribution in [0.25, 0.3) is 0 Å². The van der Waals surface area contributed by atoms with Crippen LogP contribution < -0.4 is 0 Å². The van der Waals surface area contributed by atoms with E-state index in [1.165, 1.54) is 225 Å². The number of rotatable bonds is 53. The SMILES string of the molecule is CCCCCCCCCCCCCCCCCCCC/C=C/CCCC(=O)OC[C@H](CO[C@H]1O[C@H](CS(=O)(=O)O)[C@@H](O)C(O)C1O)OC(=O)CCCCCCCCCCCCCCCCCCCCCCC. The molecule has 426 valence electrons. The van der Waals surface area contributed by atoms with Crippen LogP contribution in [0.2, 0.25) is 0 Å². The molecule has 4 N–H and O–H groups in total. The Morgan fingerprint density at radius 2 is 0.806 bits per heavy atom. The third-order valence-electron chi connectivity index (χ3n) is 14.3. The van der Waals surface area contributed by atoms with Crippen molar-refractivity contribution in [2.45, 2.75) is 333 Å². The quantitative estimate of drug-likeness (QED) is 0.0196. The number of carbonyl (C=O) groups is 2. The maximum Gasteiger partial charge on any atom is 0.306 e. The maximum atomic E-state index is 12.9.